The third-order valence-corrected chi connectivity index (χ3v) is 5.86. The molecule has 2 aromatic heterocycles. The van der Waals surface area contributed by atoms with Crippen LogP contribution in [0.4, 0.5) is 5.82 Å². The van der Waals surface area contributed by atoms with E-state index in [4.69, 9.17) is 0 Å². The summed E-state index contributed by atoms with van der Waals surface area (Å²) in [5.74, 6) is 3.01. The van der Waals surface area contributed by atoms with E-state index in [9.17, 15) is 4.79 Å². The number of aromatic nitrogens is 3. The van der Waals surface area contributed by atoms with E-state index in [2.05, 4.69) is 26.9 Å². The molecular formula is C20H21N5O. The molecule has 1 aliphatic carbocycles. The highest BCUT2D eigenvalue weighted by Crippen LogP contribution is 2.52. The number of nitrogens with zero attached hydrogens (tertiary/aromatic N) is 4. The zero-order valence-electron chi connectivity index (χ0n) is 14.7. The van der Waals surface area contributed by atoms with E-state index < -0.39 is 0 Å². The summed E-state index contributed by atoms with van der Waals surface area (Å²) >= 11 is 0. The molecule has 26 heavy (non-hydrogen) atoms. The zero-order chi connectivity index (χ0) is 17.7. The van der Waals surface area contributed by atoms with Crippen LogP contribution in [0.2, 0.25) is 0 Å². The number of likely N-dealkylation sites (tertiary alicyclic amines) is 1. The monoisotopic (exact) mass is 347 g/mol. The van der Waals surface area contributed by atoms with Gasteiger partial charge in [-0.3, -0.25) is 4.79 Å². The molecule has 3 atom stereocenters. The van der Waals surface area contributed by atoms with E-state index in [1.165, 1.54) is 0 Å². The molecule has 3 heterocycles. The van der Waals surface area contributed by atoms with E-state index in [-0.39, 0.29) is 5.91 Å². The molecule has 6 heteroatoms. The lowest BCUT2D eigenvalue weighted by Crippen LogP contribution is -2.33. The summed E-state index contributed by atoms with van der Waals surface area (Å²) in [5, 5.41) is 1.06. The van der Waals surface area contributed by atoms with Crippen molar-refractivity contribution in [3.05, 3.63) is 54.5 Å². The molecule has 1 saturated heterocycles. The van der Waals surface area contributed by atoms with Gasteiger partial charge in [-0.15, -0.1) is 0 Å². The van der Waals surface area contributed by atoms with Crippen molar-refractivity contribution in [3.8, 4) is 0 Å². The van der Waals surface area contributed by atoms with Gasteiger partial charge in [0.25, 0.3) is 5.91 Å². The van der Waals surface area contributed by atoms with Gasteiger partial charge in [0.2, 0.25) is 0 Å². The van der Waals surface area contributed by atoms with Gasteiger partial charge < -0.3 is 14.8 Å². The number of carbonyl (C=O) groups excluding carboxylic acids is 1. The molecule has 1 N–H and O–H groups in total. The Balaban J connectivity index is 1.23. The highest BCUT2D eigenvalue weighted by atomic mass is 16.2. The molecule has 5 rings (SSSR count). The third kappa shape index (κ3) is 2.44. The Morgan fingerprint density at radius 3 is 2.73 bits per heavy atom. The second kappa shape index (κ2) is 5.83. The van der Waals surface area contributed by atoms with E-state index >= 15 is 0 Å². The van der Waals surface area contributed by atoms with Gasteiger partial charge in [0.05, 0.1) is 5.39 Å². The second-order valence-electron chi connectivity index (χ2n) is 7.39. The van der Waals surface area contributed by atoms with Crippen molar-refractivity contribution in [1.82, 2.24) is 19.9 Å². The van der Waals surface area contributed by atoms with Crippen LogP contribution in [0, 0.1) is 17.8 Å². The lowest BCUT2D eigenvalue weighted by molar-refractivity contribution is 0.0768. The lowest BCUT2D eigenvalue weighted by Gasteiger charge is -2.23. The molecule has 1 aromatic carbocycles. The Labute approximate surface area is 151 Å². The van der Waals surface area contributed by atoms with Gasteiger partial charge in [0.1, 0.15) is 17.8 Å². The number of aromatic amines is 1. The molecule has 0 radical (unpaired) electrons. The van der Waals surface area contributed by atoms with Crippen molar-refractivity contribution in [2.75, 3.05) is 31.6 Å². The van der Waals surface area contributed by atoms with Crippen LogP contribution in [0.15, 0.2) is 48.9 Å². The summed E-state index contributed by atoms with van der Waals surface area (Å²) in [6.07, 6.45) is 3.51. The normalized spacial score (nSPS) is 23.9. The van der Waals surface area contributed by atoms with Crippen LogP contribution in [0.5, 0.6) is 0 Å². The maximum absolute atomic E-state index is 12.6. The standard InChI is InChI=1S/C20H21N5O/c1-24(19-14-7-8-21-18(14)22-12-23-19)9-15-16-10-25(11-17(15)16)20(26)13-5-3-2-4-6-13/h2-8,12,15-17H,9-11H2,1H3,(H,21,22,23)/t15-,16+,17-. The first-order chi connectivity index (χ1) is 12.7. The number of hydrogen-bond donors (Lipinski definition) is 1. The fourth-order valence-corrected chi connectivity index (χ4v) is 4.41. The van der Waals surface area contributed by atoms with Crippen molar-refractivity contribution in [1.29, 1.82) is 0 Å². The number of H-pyrrole nitrogens is 1. The van der Waals surface area contributed by atoms with Crippen molar-refractivity contribution >= 4 is 22.8 Å². The molecule has 0 unspecified atom stereocenters. The average Bonchev–Trinajstić information content (AvgIpc) is 3.08. The van der Waals surface area contributed by atoms with Crippen LogP contribution < -0.4 is 4.90 Å². The second-order valence-corrected chi connectivity index (χ2v) is 7.39. The van der Waals surface area contributed by atoms with E-state index in [1.807, 2.05) is 47.5 Å². The van der Waals surface area contributed by atoms with E-state index in [0.717, 1.165) is 42.0 Å². The average molecular weight is 347 g/mol. The Kier molecular flexibility index (Phi) is 3.45. The highest BCUT2D eigenvalue weighted by molar-refractivity contribution is 5.94. The number of rotatable bonds is 4. The van der Waals surface area contributed by atoms with Gasteiger partial charge >= 0.3 is 0 Å². The Bertz CT molecular complexity index is 941. The van der Waals surface area contributed by atoms with Gasteiger partial charge in [0, 0.05) is 38.4 Å². The first-order valence-electron chi connectivity index (χ1n) is 9.06. The molecule has 1 aliphatic heterocycles. The number of piperidine rings is 1. The number of anilines is 1. The minimum absolute atomic E-state index is 0.162. The van der Waals surface area contributed by atoms with E-state index in [0.29, 0.717) is 17.8 Å². The highest BCUT2D eigenvalue weighted by Gasteiger charge is 2.56. The predicted octanol–water partition coefficient (Wildman–Crippen LogP) is 2.41. The Hall–Kier alpha value is -2.89. The molecule has 1 amide bonds. The molecule has 2 aliphatic rings. The summed E-state index contributed by atoms with van der Waals surface area (Å²) < 4.78 is 0. The smallest absolute Gasteiger partial charge is 0.253 e. The summed E-state index contributed by atoms with van der Waals surface area (Å²) in [7, 11) is 2.09. The third-order valence-electron chi connectivity index (χ3n) is 5.86. The maximum Gasteiger partial charge on any atom is 0.253 e. The van der Waals surface area contributed by atoms with Crippen LogP contribution >= 0.6 is 0 Å². The van der Waals surface area contributed by atoms with Gasteiger partial charge in [-0.1, -0.05) is 18.2 Å². The van der Waals surface area contributed by atoms with Crippen LogP contribution in [0.3, 0.4) is 0 Å². The quantitative estimate of drug-likeness (QED) is 0.787. The van der Waals surface area contributed by atoms with Crippen molar-refractivity contribution in [2.45, 2.75) is 0 Å². The summed E-state index contributed by atoms with van der Waals surface area (Å²) in [6, 6.07) is 11.6. The van der Waals surface area contributed by atoms with Crippen LogP contribution in [-0.2, 0) is 0 Å². The minimum atomic E-state index is 0.162. The summed E-state index contributed by atoms with van der Waals surface area (Å²) in [4.78, 5) is 28.7. The summed E-state index contributed by atoms with van der Waals surface area (Å²) in [6.45, 7) is 2.72. The number of fused-ring (bicyclic) bond motifs is 2. The van der Waals surface area contributed by atoms with Gasteiger partial charge in [0.15, 0.2) is 0 Å². The van der Waals surface area contributed by atoms with E-state index in [1.54, 1.807) is 6.33 Å². The molecule has 6 nitrogen and oxygen atoms in total. The predicted molar refractivity (Wildman–Crippen MR) is 100.0 cm³/mol. The van der Waals surface area contributed by atoms with Crippen molar-refractivity contribution in [3.63, 3.8) is 0 Å². The van der Waals surface area contributed by atoms with Crippen molar-refractivity contribution in [2.24, 2.45) is 17.8 Å². The largest absolute Gasteiger partial charge is 0.359 e. The molecular weight excluding hydrogens is 326 g/mol. The Morgan fingerprint density at radius 1 is 1.19 bits per heavy atom. The molecule has 3 aromatic rings. The zero-order valence-corrected chi connectivity index (χ0v) is 14.7. The van der Waals surface area contributed by atoms with Crippen LogP contribution in [-0.4, -0.2) is 52.4 Å². The minimum Gasteiger partial charge on any atom is -0.359 e. The SMILES string of the molecule is CN(C[C@@H]1[C@@H]2CN(C(=O)c3ccccc3)C[C@@H]21)c1ncnc2[nH]ccc12. The number of carbonyl (C=O) groups is 1. The lowest BCUT2D eigenvalue weighted by atomic mass is 10.2. The topological polar surface area (TPSA) is 65.1 Å². The van der Waals surface area contributed by atoms with Crippen LogP contribution in [0.1, 0.15) is 10.4 Å². The molecule has 0 spiro atoms. The molecule has 1 saturated carbocycles. The summed E-state index contributed by atoms with van der Waals surface area (Å²) in [5.41, 5.74) is 1.66. The molecule has 2 fully saturated rings. The molecule has 132 valence electrons. The molecule has 0 bridgehead atoms. The van der Waals surface area contributed by atoms with Gasteiger partial charge in [-0.2, -0.15) is 0 Å². The van der Waals surface area contributed by atoms with Gasteiger partial charge in [-0.25, -0.2) is 9.97 Å². The maximum atomic E-state index is 12.6. The fraction of sp³-hybridized carbons (Fsp3) is 0.350. The first kappa shape index (κ1) is 15.4. The Morgan fingerprint density at radius 2 is 1.96 bits per heavy atom. The number of nitrogens with one attached hydrogen (secondary N) is 1. The number of hydrogen-bond acceptors (Lipinski definition) is 4. The van der Waals surface area contributed by atoms with Crippen molar-refractivity contribution < 1.29 is 4.79 Å². The number of benzene rings is 1. The van der Waals surface area contributed by atoms with Gasteiger partial charge in [-0.05, 0) is 36.0 Å². The number of amides is 1. The first-order valence-corrected chi connectivity index (χ1v) is 9.06. The van der Waals surface area contributed by atoms with Crippen LogP contribution in [0.25, 0.3) is 11.0 Å². The fourth-order valence-electron chi connectivity index (χ4n) is 4.41.